The molecule has 2 rings (SSSR count). The number of hydrogen-bond acceptors (Lipinski definition) is 12. The summed E-state index contributed by atoms with van der Waals surface area (Å²) in [7, 11) is 0.108. The summed E-state index contributed by atoms with van der Waals surface area (Å²) in [4.78, 5) is 18.6. The van der Waals surface area contributed by atoms with E-state index in [1.165, 1.54) is 14.2 Å². The molecule has 0 saturated carbocycles. The molecule has 0 aliphatic carbocycles. The van der Waals surface area contributed by atoms with Crippen molar-refractivity contribution in [2.24, 2.45) is 4.99 Å². The van der Waals surface area contributed by atoms with Crippen LogP contribution in [0.3, 0.4) is 0 Å². The highest BCUT2D eigenvalue weighted by molar-refractivity contribution is 6.76. The molecule has 45 heavy (non-hydrogen) atoms. The molecule has 0 amide bonds. The predicted molar refractivity (Wildman–Crippen MR) is 172 cm³/mol. The van der Waals surface area contributed by atoms with Crippen molar-refractivity contribution in [2.45, 2.75) is 131 Å². The lowest BCUT2D eigenvalue weighted by Gasteiger charge is -2.43. The highest BCUT2D eigenvalue weighted by atomic mass is 35.6. The van der Waals surface area contributed by atoms with Gasteiger partial charge in [-0.05, 0) is 52.8 Å². The minimum absolute atomic E-state index is 0.140. The number of esters is 1. The van der Waals surface area contributed by atoms with Crippen LogP contribution in [0.25, 0.3) is 0 Å². The minimum atomic E-state index is -2.79. The van der Waals surface area contributed by atoms with E-state index in [0.717, 1.165) is 0 Å². The van der Waals surface area contributed by atoms with E-state index in [1.54, 1.807) is 34.6 Å². The van der Waals surface area contributed by atoms with Crippen LogP contribution < -0.4 is 0 Å². The number of nitrogens with zero attached hydrogens (tertiary/aromatic N) is 2. The molecule has 0 aromatic carbocycles. The van der Waals surface area contributed by atoms with Gasteiger partial charge in [-0.2, -0.15) is 5.26 Å². The summed E-state index contributed by atoms with van der Waals surface area (Å²) in [6.07, 6.45) is -3.98. The SMILES string of the molecule is COCOC(CC(C#N)(O[Si](C)(C)C(C)(C)C)C(=O)OC(C)(C)C)[C@H]1N=C(C(Cl)(Cl)Cl)O[C@H]1[C@H](OCOC)[C@H]1COC(C)(C)O1. The van der Waals surface area contributed by atoms with Crippen molar-refractivity contribution in [3.63, 3.8) is 0 Å². The van der Waals surface area contributed by atoms with Gasteiger partial charge < -0.3 is 42.3 Å². The van der Waals surface area contributed by atoms with Crippen LogP contribution in [0.2, 0.25) is 18.1 Å². The Morgan fingerprint density at radius 2 is 1.67 bits per heavy atom. The minimum Gasteiger partial charge on any atom is -0.469 e. The molecule has 2 aliphatic heterocycles. The molecule has 2 heterocycles. The van der Waals surface area contributed by atoms with Gasteiger partial charge in [0.05, 0.1) is 12.7 Å². The van der Waals surface area contributed by atoms with E-state index in [9.17, 15) is 10.1 Å². The normalized spacial score (nSPS) is 25.1. The van der Waals surface area contributed by atoms with Crippen LogP contribution in [-0.4, -0.2) is 106 Å². The van der Waals surface area contributed by atoms with Gasteiger partial charge in [-0.15, -0.1) is 0 Å². The third-order valence-corrected chi connectivity index (χ3v) is 12.6. The standard InChI is InChI=1S/C29H49Cl3N2O10Si/c1-25(2,3)43-24(35)28(15-33,44-45(11,12)26(4,5)6)13-18(38-16-36-9)20-22(41-23(34-20)29(30,31)32)21(39-17-37-10)19-14-40-27(7,8)42-19/h18-22H,13-14,16-17H2,1-12H3/t18?,19-,20-,21-,22-,28?/m1/s1. The Kier molecular flexibility index (Phi) is 13.6. The topological polar surface area (TPSA) is 136 Å². The quantitative estimate of drug-likeness (QED) is 0.0951. The van der Waals surface area contributed by atoms with Gasteiger partial charge in [0.2, 0.25) is 11.5 Å². The van der Waals surface area contributed by atoms with Gasteiger partial charge in [-0.3, -0.25) is 0 Å². The second kappa shape index (κ2) is 15.2. The predicted octanol–water partition coefficient (Wildman–Crippen LogP) is 5.67. The fraction of sp³-hybridized carbons (Fsp3) is 0.897. The maximum Gasteiger partial charge on any atom is 0.353 e. The van der Waals surface area contributed by atoms with Crippen molar-refractivity contribution in [1.29, 1.82) is 5.26 Å². The summed E-state index contributed by atoms with van der Waals surface area (Å²) >= 11 is 18.8. The smallest absolute Gasteiger partial charge is 0.353 e. The van der Waals surface area contributed by atoms with Gasteiger partial charge in [-0.25, -0.2) is 9.79 Å². The van der Waals surface area contributed by atoms with Crippen LogP contribution in [0.5, 0.6) is 0 Å². The maximum atomic E-state index is 14.0. The summed E-state index contributed by atoms with van der Waals surface area (Å²) < 4.78 is 51.1. The molecule has 0 aromatic rings. The number of nitriles is 1. The average molecular weight is 720 g/mol. The number of methoxy groups -OCH3 is 2. The molecule has 16 heteroatoms. The Hall–Kier alpha value is -0.763. The number of alkyl halides is 3. The lowest BCUT2D eigenvalue weighted by molar-refractivity contribution is -0.193. The first kappa shape index (κ1) is 40.4. The Morgan fingerprint density at radius 3 is 2.11 bits per heavy atom. The van der Waals surface area contributed by atoms with Gasteiger partial charge in [0.15, 0.2) is 20.2 Å². The molecule has 0 N–H and O–H groups in total. The summed E-state index contributed by atoms with van der Waals surface area (Å²) in [5.74, 6) is -2.01. The van der Waals surface area contributed by atoms with Gasteiger partial charge in [0.1, 0.15) is 43.5 Å². The molecule has 6 atom stereocenters. The summed E-state index contributed by atoms with van der Waals surface area (Å²) in [5, 5.41) is 10.4. The van der Waals surface area contributed by atoms with Crippen molar-refractivity contribution in [2.75, 3.05) is 34.4 Å². The van der Waals surface area contributed by atoms with Crippen molar-refractivity contribution >= 4 is 55.0 Å². The van der Waals surface area contributed by atoms with Gasteiger partial charge >= 0.3 is 5.97 Å². The lowest BCUT2D eigenvalue weighted by Crippen LogP contribution is -2.58. The molecule has 12 nitrogen and oxygen atoms in total. The number of carbonyl (C=O) groups excluding carboxylic acids is 1. The van der Waals surface area contributed by atoms with Crippen LogP contribution >= 0.6 is 34.8 Å². The Morgan fingerprint density at radius 1 is 1.09 bits per heavy atom. The molecular formula is C29H49Cl3N2O10Si. The lowest BCUT2D eigenvalue weighted by atomic mass is 9.89. The summed E-state index contributed by atoms with van der Waals surface area (Å²) in [6.45, 7) is 18.3. The van der Waals surface area contributed by atoms with E-state index >= 15 is 0 Å². The summed E-state index contributed by atoms with van der Waals surface area (Å²) in [6, 6.07) is 1.12. The average Bonchev–Trinajstić information content (AvgIpc) is 3.48. The molecule has 0 aromatic heterocycles. The van der Waals surface area contributed by atoms with Crippen molar-refractivity contribution < 1.29 is 47.1 Å². The zero-order chi connectivity index (χ0) is 34.6. The van der Waals surface area contributed by atoms with E-state index in [2.05, 4.69) is 11.1 Å². The molecule has 0 spiro atoms. The van der Waals surface area contributed by atoms with Crippen LogP contribution in [-0.2, 0) is 47.1 Å². The van der Waals surface area contributed by atoms with Gasteiger partial charge in [0, 0.05) is 20.6 Å². The van der Waals surface area contributed by atoms with E-state index in [1.807, 2.05) is 33.9 Å². The zero-order valence-corrected chi connectivity index (χ0v) is 31.6. The van der Waals surface area contributed by atoms with Crippen LogP contribution in [0, 0.1) is 11.3 Å². The van der Waals surface area contributed by atoms with E-state index < -0.39 is 65.5 Å². The van der Waals surface area contributed by atoms with Gasteiger partial charge in [-0.1, -0.05) is 55.6 Å². The second-order valence-electron chi connectivity index (χ2n) is 14.0. The molecule has 2 aliphatic rings. The number of ether oxygens (including phenoxy) is 8. The van der Waals surface area contributed by atoms with Crippen LogP contribution in [0.1, 0.15) is 61.8 Å². The maximum absolute atomic E-state index is 14.0. The first-order valence-electron chi connectivity index (χ1n) is 14.6. The fourth-order valence-corrected chi connectivity index (χ4v) is 6.19. The fourth-order valence-electron chi connectivity index (χ4n) is 4.52. The van der Waals surface area contributed by atoms with E-state index in [0.29, 0.717) is 0 Å². The Bertz CT molecular complexity index is 1080. The first-order valence-corrected chi connectivity index (χ1v) is 18.7. The Balaban J connectivity index is 2.72. The molecular weight excluding hydrogens is 671 g/mol. The second-order valence-corrected chi connectivity index (χ2v) is 21.0. The van der Waals surface area contributed by atoms with Crippen molar-refractivity contribution in [3.05, 3.63) is 0 Å². The van der Waals surface area contributed by atoms with Crippen molar-refractivity contribution in [1.82, 2.24) is 0 Å². The number of halogens is 3. The first-order chi connectivity index (χ1) is 20.4. The van der Waals surface area contributed by atoms with Crippen molar-refractivity contribution in [3.8, 4) is 6.07 Å². The number of carbonyl (C=O) groups is 1. The molecule has 0 bridgehead atoms. The highest BCUT2D eigenvalue weighted by Crippen LogP contribution is 2.43. The molecule has 1 fully saturated rings. The molecule has 1 saturated heterocycles. The monoisotopic (exact) mass is 718 g/mol. The third kappa shape index (κ3) is 10.9. The zero-order valence-electron chi connectivity index (χ0n) is 28.3. The van der Waals surface area contributed by atoms with Gasteiger partial charge in [0.25, 0.3) is 3.79 Å². The number of aliphatic imine (C=N–C) groups is 1. The largest absolute Gasteiger partial charge is 0.469 e. The number of rotatable bonds is 14. The molecule has 260 valence electrons. The summed E-state index contributed by atoms with van der Waals surface area (Å²) in [5.41, 5.74) is -3.04. The van der Waals surface area contributed by atoms with E-state index in [-0.39, 0.29) is 37.5 Å². The third-order valence-electron chi connectivity index (χ3n) is 7.61. The molecule has 0 radical (unpaired) electrons. The highest BCUT2D eigenvalue weighted by Gasteiger charge is 2.57. The number of hydrogen-bond donors (Lipinski definition) is 0. The van der Waals surface area contributed by atoms with E-state index in [4.69, 9.17) is 77.1 Å². The Labute approximate surface area is 283 Å². The van der Waals surface area contributed by atoms with Crippen LogP contribution in [0.15, 0.2) is 4.99 Å². The molecule has 2 unspecified atom stereocenters. The van der Waals surface area contributed by atoms with Crippen LogP contribution in [0.4, 0.5) is 0 Å².